The Kier molecular flexibility index (Phi) is 2.39. The van der Waals surface area contributed by atoms with E-state index in [1.165, 1.54) is 9.80 Å². The van der Waals surface area contributed by atoms with E-state index >= 15 is 0 Å². The Bertz CT molecular complexity index is 365. The first-order chi connectivity index (χ1) is 8.61. The third-order valence-electron chi connectivity index (χ3n) is 3.84. The molecule has 0 amide bonds. The van der Waals surface area contributed by atoms with Crippen LogP contribution in [0.2, 0.25) is 0 Å². The fraction of sp³-hybridized carbons (Fsp3) is 0.800. The van der Waals surface area contributed by atoms with Crippen molar-refractivity contribution >= 4 is 11.9 Å². The van der Waals surface area contributed by atoms with Crippen LogP contribution in [0.3, 0.4) is 0 Å². The minimum absolute atomic E-state index is 0.301. The first kappa shape index (κ1) is 11.8. The van der Waals surface area contributed by atoms with Crippen molar-refractivity contribution in [3.8, 4) is 0 Å². The summed E-state index contributed by atoms with van der Waals surface area (Å²) in [4.78, 5) is 25.6. The molecule has 8 heteroatoms. The summed E-state index contributed by atoms with van der Waals surface area (Å²) in [5.74, 6) is -2.24. The largest absolute Gasteiger partial charge is 0.479 e. The molecule has 3 aliphatic heterocycles. The van der Waals surface area contributed by atoms with E-state index in [1.807, 2.05) is 0 Å². The lowest BCUT2D eigenvalue weighted by Crippen LogP contribution is -2.46. The van der Waals surface area contributed by atoms with Gasteiger partial charge in [-0.25, -0.2) is 19.4 Å². The van der Waals surface area contributed by atoms with Gasteiger partial charge in [0.25, 0.3) is 0 Å². The number of hydrogen-bond acceptors (Lipinski definition) is 6. The summed E-state index contributed by atoms with van der Waals surface area (Å²) in [6, 6.07) is 0. The van der Waals surface area contributed by atoms with E-state index in [9.17, 15) is 19.8 Å². The van der Waals surface area contributed by atoms with E-state index in [1.54, 1.807) is 0 Å². The molecule has 3 heterocycles. The number of hydrogen-bond donors (Lipinski definition) is 2. The van der Waals surface area contributed by atoms with Crippen LogP contribution in [0.25, 0.3) is 0 Å². The maximum Gasteiger partial charge on any atom is 0.343 e. The average Bonchev–Trinajstić information content (AvgIpc) is 3.13. The van der Waals surface area contributed by atoms with Crippen LogP contribution in [-0.4, -0.2) is 82.8 Å². The molecular weight excluding hydrogens is 244 g/mol. The van der Waals surface area contributed by atoms with Gasteiger partial charge in [-0.2, -0.15) is 0 Å². The van der Waals surface area contributed by atoms with Crippen LogP contribution in [0.1, 0.15) is 0 Å². The zero-order chi connectivity index (χ0) is 13.0. The first-order valence-electron chi connectivity index (χ1n) is 5.79. The molecule has 18 heavy (non-hydrogen) atoms. The normalized spacial score (nSPS) is 46.4. The summed E-state index contributed by atoms with van der Waals surface area (Å²) in [6.07, 6.45) is 0. The van der Waals surface area contributed by atoms with E-state index in [0.29, 0.717) is 39.5 Å². The lowest BCUT2D eigenvalue weighted by molar-refractivity contribution is -0.147. The Morgan fingerprint density at radius 1 is 0.833 bits per heavy atom. The maximum atomic E-state index is 11.4. The Balaban J connectivity index is 1.85. The molecular formula is C10H14N2O6. The standard InChI is InChI=1S/C10H14N2O6/c13-7(14)9-10(8(15)16)11(9)1-3-17-5-6-18-4-2-12(9)10/h1-6H2,(H,13,14)(H,15,16). The smallest absolute Gasteiger partial charge is 0.343 e. The highest BCUT2D eigenvalue weighted by Gasteiger charge is 3.05. The van der Waals surface area contributed by atoms with E-state index in [-0.39, 0.29) is 0 Å². The number of carboxylic acid groups (broad SMARTS) is 2. The van der Waals surface area contributed by atoms with Gasteiger partial charge in [-0.15, -0.1) is 0 Å². The molecule has 0 spiro atoms. The lowest BCUT2D eigenvalue weighted by Gasteiger charge is -2.23. The molecule has 0 aromatic heterocycles. The van der Waals surface area contributed by atoms with Gasteiger partial charge >= 0.3 is 11.9 Å². The van der Waals surface area contributed by atoms with Crippen LogP contribution in [0.15, 0.2) is 0 Å². The predicted octanol–water partition coefficient (Wildman–Crippen LogP) is -1.77. The highest BCUT2D eigenvalue weighted by Crippen LogP contribution is 2.72. The summed E-state index contributed by atoms with van der Waals surface area (Å²) in [6.45, 7) is 2.09. The van der Waals surface area contributed by atoms with E-state index in [4.69, 9.17) is 9.47 Å². The van der Waals surface area contributed by atoms with Gasteiger partial charge < -0.3 is 19.7 Å². The second-order valence-corrected chi connectivity index (χ2v) is 4.48. The van der Waals surface area contributed by atoms with Gasteiger partial charge in [0.05, 0.1) is 26.4 Å². The molecule has 0 radical (unpaired) electrons. The first-order valence-corrected chi connectivity index (χ1v) is 5.79. The van der Waals surface area contributed by atoms with Crippen LogP contribution in [0.4, 0.5) is 0 Å². The van der Waals surface area contributed by atoms with E-state index < -0.39 is 23.3 Å². The van der Waals surface area contributed by atoms with Crippen LogP contribution >= 0.6 is 0 Å². The highest BCUT2D eigenvalue weighted by molar-refractivity contribution is 6.06. The molecule has 3 aliphatic rings. The van der Waals surface area contributed by atoms with E-state index in [2.05, 4.69) is 0 Å². The SMILES string of the molecule is O=C(O)C12N3CCOCCOCCN1C32C(=O)O. The molecule has 0 aromatic rings. The molecule has 8 nitrogen and oxygen atoms in total. The van der Waals surface area contributed by atoms with Gasteiger partial charge in [0, 0.05) is 13.1 Å². The van der Waals surface area contributed by atoms with Gasteiger partial charge in [0.2, 0.25) is 11.3 Å². The monoisotopic (exact) mass is 258 g/mol. The third-order valence-corrected chi connectivity index (χ3v) is 3.84. The molecule has 2 N–H and O–H groups in total. The van der Waals surface area contributed by atoms with Crippen molar-refractivity contribution in [2.75, 3.05) is 39.5 Å². The number of fused-ring (bicyclic) bond motifs is 2. The zero-order valence-electron chi connectivity index (χ0n) is 9.66. The predicted molar refractivity (Wildman–Crippen MR) is 55.8 cm³/mol. The third kappa shape index (κ3) is 1.09. The minimum Gasteiger partial charge on any atom is -0.479 e. The van der Waals surface area contributed by atoms with Crippen molar-refractivity contribution in [1.29, 1.82) is 0 Å². The Labute approximate surface area is 103 Å². The van der Waals surface area contributed by atoms with Crippen LogP contribution in [0.5, 0.6) is 0 Å². The fourth-order valence-electron chi connectivity index (χ4n) is 3.07. The molecule has 0 saturated carbocycles. The molecule has 0 bridgehead atoms. The number of nitrogens with zero attached hydrogens (tertiary/aromatic N) is 2. The maximum absolute atomic E-state index is 11.4. The number of rotatable bonds is 2. The van der Waals surface area contributed by atoms with Gasteiger partial charge in [0.1, 0.15) is 0 Å². The van der Waals surface area contributed by atoms with Gasteiger partial charge in [-0.3, -0.25) is 0 Å². The second kappa shape index (κ2) is 3.64. The molecule has 0 aromatic carbocycles. The van der Waals surface area contributed by atoms with Crippen molar-refractivity contribution in [2.24, 2.45) is 0 Å². The van der Waals surface area contributed by atoms with Gasteiger partial charge in [-0.05, 0) is 0 Å². The van der Waals surface area contributed by atoms with Crippen molar-refractivity contribution in [3.05, 3.63) is 0 Å². The molecule has 0 atom stereocenters. The number of carboxylic acids is 2. The second-order valence-electron chi connectivity index (χ2n) is 4.48. The van der Waals surface area contributed by atoms with Crippen molar-refractivity contribution in [2.45, 2.75) is 11.3 Å². The van der Waals surface area contributed by atoms with Crippen LogP contribution in [0, 0.1) is 0 Å². The van der Waals surface area contributed by atoms with Crippen molar-refractivity contribution in [3.63, 3.8) is 0 Å². The Morgan fingerprint density at radius 3 is 1.56 bits per heavy atom. The fourth-order valence-corrected chi connectivity index (χ4v) is 3.07. The number of ether oxygens (including phenoxy) is 2. The molecule has 3 rings (SSSR count). The Hall–Kier alpha value is -1.22. The minimum atomic E-state index is -1.38. The topological polar surface area (TPSA) is 99.1 Å². The summed E-state index contributed by atoms with van der Waals surface area (Å²) in [5.41, 5.74) is -2.76. The summed E-state index contributed by atoms with van der Waals surface area (Å²) in [7, 11) is 0. The molecule has 100 valence electrons. The molecule has 3 saturated heterocycles. The summed E-state index contributed by atoms with van der Waals surface area (Å²) >= 11 is 0. The van der Waals surface area contributed by atoms with Gasteiger partial charge in [0.15, 0.2) is 0 Å². The summed E-state index contributed by atoms with van der Waals surface area (Å²) in [5, 5.41) is 18.6. The summed E-state index contributed by atoms with van der Waals surface area (Å²) < 4.78 is 10.5. The van der Waals surface area contributed by atoms with Crippen LogP contribution < -0.4 is 0 Å². The molecule has 0 unspecified atom stereocenters. The van der Waals surface area contributed by atoms with Crippen molar-refractivity contribution in [1.82, 2.24) is 9.80 Å². The number of aliphatic carboxylic acids is 2. The highest BCUT2D eigenvalue weighted by atomic mass is 16.5. The zero-order valence-corrected chi connectivity index (χ0v) is 9.66. The Morgan fingerprint density at radius 2 is 1.22 bits per heavy atom. The average molecular weight is 258 g/mol. The quantitative estimate of drug-likeness (QED) is 0.561. The van der Waals surface area contributed by atoms with Crippen LogP contribution in [-0.2, 0) is 19.1 Å². The van der Waals surface area contributed by atoms with Gasteiger partial charge in [-0.1, -0.05) is 0 Å². The molecule has 0 aliphatic carbocycles. The van der Waals surface area contributed by atoms with E-state index in [0.717, 1.165) is 0 Å². The lowest BCUT2D eigenvalue weighted by atomic mass is 10.3. The number of carbonyl (C=O) groups is 2. The molecule has 3 fully saturated rings. The van der Waals surface area contributed by atoms with Crippen molar-refractivity contribution < 1.29 is 29.3 Å².